The maximum atomic E-state index is 12.7. The summed E-state index contributed by atoms with van der Waals surface area (Å²) in [5.41, 5.74) is 1.93. The first-order valence-corrected chi connectivity index (χ1v) is 9.12. The molecule has 138 valence electrons. The predicted molar refractivity (Wildman–Crippen MR) is 104 cm³/mol. The van der Waals surface area contributed by atoms with Crippen LogP contribution in [-0.4, -0.2) is 32.6 Å². The summed E-state index contributed by atoms with van der Waals surface area (Å²) in [6.45, 7) is 6.59. The Morgan fingerprint density at radius 1 is 1.15 bits per heavy atom. The molecule has 2 aromatic carbocycles. The second-order valence-electron chi connectivity index (χ2n) is 7.60. The number of carbonyl (C=O) groups excluding carboxylic acids is 1. The van der Waals surface area contributed by atoms with Gasteiger partial charge in [-0.25, -0.2) is 0 Å². The molecular weight excluding hydrogens is 326 g/mol. The number of nitrogens with zero attached hydrogens (tertiary/aromatic N) is 1. The van der Waals surface area contributed by atoms with Gasteiger partial charge in [-0.2, -0.15) is 0 Å². The number of hydrogen-bond donors (Lipinski definition) is 0. The molecule has 0 saturated carbocycles. The molecule has 0 aromatic heterocycles. The van der Waals surface area contributed by atoms with Crippen molar-refractivity contribution >= 4 is 11.5 Å². The van der Waals surface area contributed by atoms with Crippen LogP contribution >= 0.6 is 0 Å². The molecule has 26 heavy (non-hydrogen) atoms. The van der Waals surface area contributed by atoms with Crippen molar-refractivity contribution in [3.63, 3.8) is 0 Å². The highest BCUT2D eigenvalue weighted by molar-refractivity contribution is 6.00. The van der Waals surface area contributed by atoms with Gasteiger partial charge in [0.25, 0.3) is 0 Å². The highest BCUT2D eigenvalue weighted by Gasteiger charge is 2.27. The van der Waals surface area contributed by atoms with Crippen LogP contribution in [-0.2, 0) is 0 Å². The Morgan fingerprint density at radius 3 is 2.62 bits per heavy atom. The Hall–Kier alpha value is -2.49. The van der Waals surface area contributed by atoms with Crippen LogP contribution in [0.4, 0.5) is 5.69 Å². The number of benzene rings is 2. The Balaban J connectivity index is 1.77. The molecule has 0 atom stereocenters. The van der Waals surface area contributed by atoms with Crippen LogP contribution in [0.25, 0.3) is 0 Å². The lowest BCUT2D eigenvalue weighted by molar-refractivity contribution is 0.0918. The number of anilines is 1. The summed E-state index contributed by atoms with van der Waals surface area (Å²) in [7, 11) is 1.59. The molecule has 1 saturated heterocycles. The molecule has 1 aliphatic heterocycles. The van der Waals surface area contributed by atoms with E-state index in [1.165, 1.54) is 12.8 Å². The van der Waals surface area contributed by atoms with Crippen molar-refractivity contribution in [1.29, 1.82) is 0 Å². The monoisotopic (exact) mass is 353 g/mol. The predicted octanol–water partition coefficient (Wildman–Crippen LogP) is 4.58. The fraction of sp³-hybridized carbons (Fsp3) is 0.409. The van der Waals surface area contributed by atoms with E-state index in [4.69, 9.17) is 9.47 Å². The summed E-state index contributed by atoms with van der Waals surface area (Å²) in [5.74, 6) is 1.20. The SMILES string of the molecule is COc1ccc(N2CCCC(C)(C)C2)cc1C(=O)COc1ccccc1. The summed E-state index contributed by atoms with van der Waals surface area (Å²) in [5, 5.41) is 0. The van der Waals surface area contributed by atoms with Gasteiger partial charge in [-0.15, -0.1) is 0 Å². The zero-order valence-corrected chi connectivity index (χ0v) is 15.8. The van der Waals surface area contributed by atoms with E-state index in [1.54, 1.807) is 7.11 Å². The van der Waals surface area contributed by atoms with Crippen LogP contribution in [0.2, 0.25) is 0 Å². The summed E-state index contributed by atoms with van der Waals surface area (Å²) in [6, 6.07) is 15.2. The van der Waals surface area contributed by atoms with E-state index in [-0.39, 0.29) is 12.4 Å². The number of para-hydroxylation sites is 1. The number of ether oxygens (including phenoxy) is 2. The van der Waals surface area contributed by atoms with E-state index < -0.39 is 0 Å². The smallest absolute Gasteiger partial charge is 0.203 e. The van der Waals surface area contributed by atoms with E-state index in [2.05, 4.69) is 18.7 Å². The van der Waals surface area contributed by atoms with Crippen LogP contribution < -0.4 is 14.4 Å². The molecule has 0 amide bonds. The lowest BCUT2D eigenvalue weighted by Crippen LogP contribution is -2.40. The molecule has 3 rings (SSSR count). The zero-order valence-electron chi connectivity index (χ0n) is 15.8. The largest absolute Gasteiger partial charge is 0.496 e. The van der Waals surface area contributed by atoms with Gasteiger partial charge in [0.1, 0.15) is 11.5 Å². The standard InChI is InChI=1S/C22H27NO3/c1-22(2)12-7-13-23(16-22)17-10-11-21(25-3)19(14-17)20(24)15-26-18-8-5-4-6-9-18/h4-6,8-11,14H,7,12-13,15-16H2,1-3H3. The van der Waals surface area contributed by atoms with Gasteiger partial charge in [0.2, 0.25) is 5.78 Å². The molecular formula is C22H27NO3. The molecule has 0 aliphatic carbocycles. The molecule has 0 bridgehead atoms. The number of rotatable bonds is 6. The van der Waals surface area contributed by atoms with E-state index in [1.807, 2.05) is 48.5 Å². The van der Waals surface area contributed by atoms with Crippen molar-refractivity contribution in [2.45, 2.75) is 26.7 Å². The van der Waals surface area contributed by atoms with Gasteiger partial charge in [0.05, 0.1) is 12.7 Å². The summed E-state index contributed by atoms with van der Waals surface area (Å²) < 4.78 is 11.0. The van der Waals surface area contributed by atoms with Gasteiger partial charge < -0.3 is 14.4 Å². The fourth-order valence-electron chi connectivity index (χ4n) is 3.50. The Bertz CT molecular complexity index is 755. The summed E-state index contributed by atoms with van der Waals surface area (Å²) in [6.07, 6.45) is 2.40. The highest BCUT2D eigenvalue weighted by Crippen LogP contribution is 2.33. The Labute approximate surface area is 155 Å². The average molecular weight is 353 g/mol. The van der Waals surface area contributed by atoms with Crippen molar-refractivity contribution in [2.24, 2.45) is 5.41 Å². The second-order valence-corrected chi connectivity index (χ2v) is 7.60. The van der Waals surface area contributed by atoms with Crippen molar-refractivity contribution < 1.29 is 14.3 Å². The van der Waals surface area contributed by atoms with E-state index in [0.717, 1.165) is 18.8 Å². The molecule has 2 aromatic rings. The number of methoxy groups -OCH3 is 1. The van der Waals surface area contributed by atoms with Gasteiger partial charge >= 0.3 is 0 Å². The van der Waals surface area contributed by atoms with Crippen molar-refractivity contribution in [2.75, 3.05) is 31.7 Å². The topological polar surface area (TPSA) is 38.8 Å². The van der Waals surface area contributed by atoms with Gasteiger partial charge in [0, 0.05) is 18.8 Å². The van der Waals surface area contributed by atoms with Crippen LogP contribution in [0.15, 0.2) is 48.5 Å². The molecule has 1 aliphatic rings. The van der Waals surface area contributed by atoms with Crippen LogP contribution in [0.1, 0.15) is 37.0 Å². The van der Waals surface area contributed by atoms with Gasteiger partial charge in [-0.05, 0) is 48.6 Å². The minimum Gasteiger partial charge on any atom is -0.496 e. The molecule has 1 fully saturated rings. The third-order valence-electron chi connectivity index (χ3n) is 4.86. The van der Waals surface area contributed by atoms with Gasteiger partial charge in [-0.1, -0.05) is 32.0 Å². The van der Waals surface area contributed by atoms with E-state index in [0.29, 0.717) is 22.5 Å². The van der Waals surface area contributed by atoms with E-state index >= 15 is 0 Å². The normalized spacial score (nSPS) is 16.2. The van der Waals surface area contributed by atoms with Crippen LogP contribution in [0.5, 0.6) is 11.5 Å². The maximum absolute atomic E-state index is 12.7. The lowest BCUT2D eigenvalue weighted by atomic mass is 9.84. The minimum atomic E-state index is -0.0798. The lowest BCUT2D eigenvalue weighted by Gasteiger charge is -2.39. The number of piperidine rings is 1. The second kappa shape index (κ2) is 7.81. The third kappa shape index (κ3) is 4.37. The van der Waals surface area contributed by atoms with Gasteiger partial charge in [0.15, 0.2) is 6.61 Å². The average Bonchev–Trinajstić information content (AvgIpc) is 2.65. The molecule has 0 N–H and O–H groups in total. The first-order chi connectivity index (χ1) is 12.5. The Kier molecular flexibility index (Phi) is 5.50. The zero-order chi connectivity index (χ0) is 18.6. The minimum absolute atomic E-state index is 0.00464. The van der Waals surface area contributed by atoms with Crippen LogP contribution in [0.3, 0.4) is 0 Å². The van der Waals surface area contributed by atoms with Crippen molar-refractivity contribution in [1.82, 2.24) is 0 Å². The molecule has 0 radical (unpaired) electrons. The van der Waals surface area contributed by atoms with Gasteiger partial charge in [-0.3, -0.25) is 4.79 Å². The highest BCUT2D eigenvalue weighted by atomic mass is 16.5. The molecule has 4 heteroatoms. The number of hydrogen-bond acceptors (Lipinski definition) is 4. The molecule has 0 unspecified atom stereocenters. The Morgan fingerprint density at radius 2 is 1.92 bits per heavy atom. The van der Waals surface area contributed by atoms with Crippen molar-refractivity contribution in [3.05, 3.63) is 54.1 Å². The van der Waals surface area contributed by atoms with Crippen LogP contribution in [0, 0.1) is 5.41 Å². The first-order valence-electron chi connectivity index (χ1n) is 9.12. The molecule has 1 heterocycles. The molecule has 0 spiro atoms. The first kappa shape index (κ1) is 18.3. The molecule has 4 nitrogen and oxygen atoms in total. The summed E-state index contributed by atoms with van der Waals surface area (Å²) >= 11 is 0. The number of carbonyl (C=O) groups is 1. The number of Topliss-reactive ketones (excluding diaryl/α,β-unsaturated/α-hetero) is 1. The quantitative estimate of drug-likeness (QED) is 0.713. The van der Waals surface area contributed by atoms with E-state index in [9.17, 15) is 4.79 Å². The third-order valence-corrected chi connectivity index (χ3v) is 4.86. The van der Waals surface area contributed by atoms with Crippen molar-refractivity contribution in [3.8, 4) is 11.5 Å². The maximum Gasteiger partial charge on any atom is 0.203 e. The number of ketones is 1. The fourth-order valence-corrected chi connectivity index (χ4v) is 3.50. The summed E-state index contributed by atoms with van der Waals surface area (Å²) in [4.78, 5) is 15.1.